The van der Waals surface area contributed by atoms with Gasteiger partial charge in [-0.1, -0.05) is 45.1 Å². The largest absolute Gasteiger partial charge is 0.0989 e. The second-order valence-electron chi connectivity index (χ2n) is 6.23. The molecule has 0 nitrogen and oxygen atoms in total. The number of hydrogen-bond donors (Lipinski definition) is 0. The first kappa shape index (κ1) is 11.4. The lowest BCUT2D eigenvalue weighted by molar-refractivity contribution is 0.359. The van der Waals surface area contributed by atoms with E-state index in [9.17, 15) is 0 Å². The molecule has 0 saturated carbocycles. The van der Waals surface area contributed by atoms with Crippen molar-refractivity contribution in [1.82, 2.24) is 0 Å². The van der Waals surface area contributed by atoms with Crippen LogP contribution in [0.3, 0.4) is 0 Å². The highest BCUT2D eigenvalue weighted by Crippen LogP contribution is 2.49. The third-order valence-electron chi connectivity index (χ3n) is 3.78. The fourth-order valence-electron chi connectivity index (χ4n) is 3.11. The summed E-state index contributed by atoms with van der Waals surface area (Å²) in [5.74, 6) is 0.530. The summed E-state index contributed by atoms with van der Waals surface area (Å²) in [6, 6.07) is 4.50. The molecule has 86 valence electrons. The molecule has 1 aromatic rings. The number of benzene rings is 1. The molecule has 0 fully saturated rings. The predicted molar refractivity (Wildman–Crippen MR) is 71.0 cm³/mol. The third kappa shape index (κ3) is 1.61. The average molecular weight is 214 g/mol. The van der Waals surface area contributed by atoms with Crippen LogP contribution in [0.2, 0.25) is 0 Å². The van der Waals surface area contributed by atoms with E-state index in [1.54, 1.807) is 5.56 Å². The quantitative estimate of drug-likeness (QED) is 0.556. The van der Waals surface area contributed by atoms with Crippen LogP contribution in [0.5, 0.6) is 0 Å². The normalized spacial score (nSPS) is 20.1. The summed E-state index contributed by atoms with van der Waals surface area (Å²) < 4.78 is 0. The molecule has 0 heterocycles. The van der Waals surface area contributed by atoms with Gasteiger partial charge in [-0.2, -0.15) is 0 Å². The van der Waals surface area contributed by atoms with Gasteiger partial charge in [-0.3, -0.25) is 0 Å². The van der Waals surface area contributed by atoms with Crippen LogP contribution in [0.25, 0.3) is 0 Å². The fourth-order valence-corrected chi connectivity index (χ4v) is 3.11. The molecule has 1 aromatic carbocycles. The zero-order valence-electron chi connectivity index (χ0n) is 11.1. The molecular formula is C16H22. The molecule has 0 bridgehead atoms. The molecule has 2 rings (SSSR count). The summed E-state index contributed by atoms with van der Waals surface area (Å²) >= 11 is 0. The minimum Gasteiger partial charge on any atom is -0.0989 e. The van der Waals surface area contributed by atoms with Crippen molar-refractivity contribution in [1.29, 1.82) is 0 Å². The highest BCUT2D eigenvalue weighted by Gasteiger charge is 2.36. The van der Waals surface area contributed by atoms with Crippen LogP contribution in [-0.2, 0) is 6.42 Å². The van der Waals surface area contributed by atoms with Crippen LogP contribution < -0.4 is 0 Å². The molecule has 0 heteroatoms. The molecule has 0 spiro atoms. The van der Waals surface area contributed by atoms with Crippen molar-refractivity contribution in [2.45, 2.75) is 47.0 Å². The van der Waals surface area contributed by atoms with E-state index in [0.717, 1.165) is 6.42 Å². The smallest absolute Gasteiger partial charge is 0.0103 e. The van der Waals surface area contributed by atoms with Crippen molar-refractivity contribution in [3.8, 4) is 0 Å². The standard InChI is InChI=1S/C16H22/c1-10-7-8-11(2)14-13(10)9-12(3)15(14)16(4,5)6/h7-8,15H,3,9H2,1-2,4-6H3. The third-order valence-corrected chi connectivity index (χ3v) is 3.78. The van der Waals surface area contributed by atoms with Gasteiger partial charge < -0.3 is 0 Å². The molecule has 1 unspecified atom stereocenters. The highest BCUT2D eigenvalue weighted by atomic mass is 14.4. The second-order valence-corrected chi connectivity index (χ2v) is 6.23. The molecule has 16 heavy (non-hydrogen) atoms. The van der Waals surface area contributed by atoms with E-state index in [2.05, 4.69) is 53.3 Å². The molecule has 1 aliphatic rings. The predicted octanol–water partition coefficient (Wildman–Crippen LogP) is 4.55. The lowest BCUT2D eigenvalue weighted by Crippen LogP contribution is -2.18. The Morgan fingerprint density at radius 2 is 1.69 bits per heavy atom. The second kappa shape index (κ2) is 3.48. The Bertz CT molecular complexity index is 444. The Balaban J connectivity index is 2.65. The maximum atomic E-state index is 4.30. The molecule has 0 saturated heterocycles. The van der Waals surface area contributed by atoms with Crippen molar-refractivity contribution < 1.29 is 0 Å². The molecule has 0 radical (unpaired) electrons. The molecule has 1 aliphatic carbocycles. The lowest BCUT2D eigenvalue weighted by Gasteiger charge is -2.30. The topological polar surface area (TPSA) is 0 Å². The Morgan fingerprint density at radius 1 is 1.12 bits per heavy atom. The van der Waals surface area contributed by atoms with Gasteiger partial charge >= 0.3 is 0 Å². The van der Waals surface area contributed by atoms with Crippen LogP contribution >= 0.6 is 0 Å². The summed E-state index contributed by atoms with van der Waals surface area (Å²) in [7, 11) is 0. The molecule has 0 aliphatic heterocycles. The van der Waals surface area contributed by atoms with E-state index in [-0.39, 0.29) is 5.41 Å². The van der Waals surface area contributed by atoms with Crippen LogP contribution in [0.15, 0.2) is 24.3 Å². The minimum absolute atomic E-state index is 0.279. The summed E-state index contributed by atoms with van der Waals surface area (Å²) in [5.41, 5.74) is 7.61. The fraction of sp³-hybridized carbons (Fsp3) is 0.500. The first-order valence-corrected chi connectivity index (χ1v) is 6.09. The highest BCUT2D eigenvalue weighted by molar-refractivity contribution is 5.53. The average Bonchev–Trinajstić information content (AvgIpc) is 2.49. The molecule has 1 atom stereocenters. The maximum absolute atomic E-state index is 4.30. The van der Waals surface area contributed by atoms with E-state index in [4.69, 9.17) is 0 Å². The Labute approximate surface area is 99.4 Å². The van der Waals surface area contributed by atoms with Crippen LogP contribution in [0.4, 0.5) is 0 Å². The van der Waals surface area contributed by atoms with Gasteiger partial charge in [0.25, 0.3) is 0 Å². The van der Waals surface area contributed by atoms with Gasteiger partial charge in [0.05, 0.1) is 0 Å². The SMILES string of the molecule is C=C1Cc2c(C)ccc(C)c2C1C(C)(C)C. The Morgan fingerprint density at radius 3 is 2.25 bits per heavy atom. The number of aryl methyl sites for hydroxylation is 2. The van der Waals surface area contributed by atoms with Crippen molar-refractivity contribution in [2.75, 3.05) is 0 Å². The minimum atomic E-state index is 0.279. The number of allylic oxidation sites excluding steroid dienone is 1. The molecule has 0 aromatic heterocycles. The maximum Gasteiger partial charge on any atom is 0.0103 e. The van der Waals surface area contributed by atoms with Gasteiger partial charge in [-0.05, 0) is 47.9 Å². The van der Waals surface area contributed by atoms with Crippen molar-refractivity contribution in [3.05, 3.63) is 46.5 Å². The summed E-state index contributed by atoms with van der Waals surface area (Å²) in [5, 5.41) is 0. The summed E-state index contributed by atoms with van der Waals surface area (Å²) in [6.45, 7) is 15.7. The molecule has 0 N–H and O–H groups in total. The van der Waals surface area contributed by atoms with E-state index in [1.807, 2.05) is 0 Å². The number of fused-ring (bicyclic) bond motifs is 1. The van der Waals surface area contributed by atoms with Crippen LogP contribution in [0.1, 0.15) is 48.9 Å². The lowest BCUT2D eigenvalue weighted by atomic mass is 9.74. The van der Waals surface area contributed by atoms with Gasteiger partial charge in [0.2, 0.25) is 0 Å². The van der Waals surface area contributed by atoms with Gasteiger partial charge in [-0.25, -0.2) is 0 Å². The van der Waals surface area contributed by atoms with E-state index >= 15 is 0 Å². The number of hydrogen-bond acceptors (Lipinski definition) is 0. The molecule has 0 amide bonds. The van der Waals surface area contributed by atoms with E-state index < -0.39 is 0 Å². The van der Waals surface area contributed by atoms with Crippen molar-refractivity contribution in [3.63, 3.8) is 0 Å². The van der Waals surface area contributed by atoms with Gasteiger partial charge in [0.15, 0.2) is 0 Å². The number of rotatable bonds is 0. The van der Waals surface area contributed by atoms with Crippen molar-refractivity contribution >= 4 is 0 Å². The van der Waals surface area contributed by atoms with Gasteiger partial charge in [0.1, 0.15) is 0 Å². The van der Waals surface area contributed by atoms with E-state index in [1.165, 1.54) is 22.3 Å². The summed E-state index contributed by atoms with van der Waals surface area (Å²) in [6.07, 6.45) is 1.07. The van der Waals surface area contributed by atoms with Gasteiger partial charge in [0, 0.05) is 5.92 Å². The zero-order valence-corrected chi connectivity index (χ0v) is 11.1. The van der Waals surface area contributed by atoms with Crippen molar-refractivity contribution in [2.24, 2.45) is 5.41 Å². The first-order chi connectivity index (χ1) is 7.32. The van der Waals surface area contributed by atoms with E-state index in [0.29, 0.717) is 5.92 Å². The molecular weight excluding hydrogens is 192 g/mol. The van der Waals surface area contributed by atoms with Gasteiger partial charge in [-0.15, -0.1) is 0 Å². The Kier molecular flexibility index (Phi) is 2.49. The van der Waals surface area contributed by atoms with Crippen LogP contribution in [-0.4, -0.2) is 0 Å². The van der Waals surface area contributed by atoms with Crippen LogP contribution in [0, 0.1) is 19.3 Å². The Hall–Kier alpha value is -1.04. The summed E-state index contributed by atoms with van der Waals surface area (Å²) in [4.78, 5) is 0. The first-order valence-electron chi connectivity index (χ1n) is 6.09. The zero-order chi connectivity index (χ0) is 12.1. The monoisotopic (exact) mass is 214 g/mol.